The van der Waals surface area contributed by atoms with Gasteiger partial charge in [0.05, 0.1) is 6.61 Å². The Morgan fingerprint density at radius 2 is 0.983 bits per heavy atom. The molecule has 18 heteroatoms. The summed E-state index contributed by atoms with van der Waals surface area (Å²) in [4.78, 5) is 53.3. The SMILES string of the molecule is C#CC#CC#CC#CC#CC#CC#CC#CC(=O)OC[C@H](COP(=O)(O)OC1C(O)[C@H](O)[C@H](OP(=O)(O)O)C(O)[C@@H]1O)OC(=O)CCCCCCCCCCCCCCC. The molecule has 0 heterocycles. The van der Waals surface area contributed by atoms with Crippen molar-refractivity contribution in [1.29, 1.82) is 0 Å². The number of aliphatic hydroxyl groups is 4. The van der Waals surface area contributed by atoms with Gasteiger partial charge in [-0.05, 0) is 89.3 Å². The molecule has 7 N–H and O–H groups in total. The van der Waals surface area contributed by atoms with E-state index in [4.69, 9.17) is 34.7 Å². The first-order valence-electron chi connectivity index (χ1n) is 19.1. The van der Waals surface area contributed by atoms with E-state index in [1.165, 1.54) is 44.9 Å². The average Bonchev–Trinajstić information content (AvgIpc) is 3.20. The molecule has 1 saturated carbocycles. The monoisotopic (exact) mass is 872 g/mol. The Bertz CT molecular complexity index is 1960. The predicted molar refractivity (Wildman–Crippen MR) is 216 cm³/mol. The van der Waals surface area contributed by atoms with Gasteiger partial charge in [-0.1, -0.05) is 84.0 Å². The first-order chi connectivity index (χ1) is 28.6. The molecule has 4 unspecified atom stereocenters. The van der Waals surface area contributed by atoms with E-state index < -0.39 is 83.5 Å². The number of ether oxygens (including phenoxy) is 2. The van der Waals surface area contributed by atoms with Crippen LogP contribution >= 0.6 is 15.6 Å². The molecule has 324 valence electrons. The standard InChI is InChI=1S/C42H50O16P2/c1-3-5-7-9-11-13-15-17-19-20-22-24-26-28-30-35(43)54-32-34(56-36(44)31-29-27-25-23-21-18-16-14-12-10-8-6-4-2)33-55-60(52,53)58-42-39(47)37(45)41(38(46)40(42)48)57-59(49,50)51/h1,34,37-42,45-48H,4,6,8,10,12,14,16,18,21,23,25,27,29,31-33H2,2H3,(H,52,53)(H2,49,50,51)/t34-,37+,38?,39?,40+,41+,42?/m1/s1. The fourth-order valence-corrected chi connectivity index (χ4v) is 6.80. The van der Waals surface area contributed by atoms with Gasteiger partial charge in [-0.15, -0.1) is 6.42 Å². The van der Waals surface area contributed by atoms with E-state index in [1.54, 1.807) is 0 Å². The van der Waals surface area contributed by atoms with E-state index in [0.29, 0.717) is 6.42 Å². The third kappa shape index (κ3) is 25.9. The summed E-state index contributed by atoms with van der Waals surface area (Å²) >= 11 is 0. The number of carbonyl (C=O) groups is 2. The molecule has 0 radical (unpaired) electrons. The third-order valence-corrected chi connectivity index (χ3v) is 9.66. The number of aliphatic hydroxyl groups excluding tert-OH is 4. The normalized spacial score (nSPS) is 20.3. The maximum absolute atomic E-state index is 12.8. The number of carbonyl (C=O) groups excluding carboxylic acids is 2. The Kier molecular flexibility index (Phi) is 28.0. The summed E-state index contributed by atoms with van der Waals surface area (Å²) in [7, 11) is -10.7. The van der Waals surface area contributed by atoms with Crippen molar-refractivity contribution in [2.75, 3.05) is 13.2 Å². The van der Waals surface area contributed by atoms with Crippen molar-refractivity contribution in [3.63, 3.8) is 0 Å². The van der Waals surface area contributed by atoms with Crippen LogP contribution in [0.15, 0.2) is 0 Å². The van der Waals surface area contributed by atoms with Gasteiger partial charge in [0, 0.05) is 12.3 Å². The highest BCUT2D eigenvalue weighted by atomic mass is 31.2. The van der Waals surface area contributed by atoms with Crippen LogP contribution in [-0.2, 0) is 41.8 Å². The number of terminal acetylenes is 1. The molecule has 0 aliphatic heterocycles. The second kappa shape index (κ2) is 31.4. The predicted octanol–water partition coefficient (Wildman–Crippen LogP) is 2.02. The fourth-order valence-electron chi connectivity index (χ4n) is 5.27. The van der Waals surface area contributed by atoms with Crippen molar-refractivity contribution >= 4 is 27.6 Å². The Labute approximate surface area is 351 Å². The van der Waals surface area contributed by atoms with Crippen molar-refractivity contribution in [1.82, 2.24) is 0 Å². The molecule has 1 aliphatic rings. The van der Waals surface area contributed by atoms with Crippen molar-refractivity contribution < 1.29 is 76.9 Å². The van der Waals surface area contributed by atoms with Crippen LogP contribution in [0.4, 0.5) is 0 Å². The number of phosphoric acid groups is 2. The summed E-state index contributed by atoms with van der Waals surface area (Å²) in [6, 6.07) is 0. The minimum Gasteiger partial charge on any atom is -0.456 e. The van der Waals surface area contributed by atoms with Gasteiger partial charge in [-0.3, -0.25) is 18.4 Å². The topological polar surface area (TPSA) is 256 Å². The summed E-state index contributed by atoms with van der Waals surface area (Å²) in [5.74, 6) is 32.9. The van der Waals surface area contributed by atoms with Gasteiger partial charge in [-0.25, -0.2) is 13.9 Å². The molecule has 0 spiro atoms. The largest absolute Gasteiger partial charge is 0.472 e. The van der Waals surface area contributed by atoms with Crippen molar-refractivity contribution in [2.45, 2.75) is 140 Å². The maximum Gasteiger partial charge on any atom is 0.472 e. The Hall–Kier alpha value is -4.52. The van der Waals surface area contributed by atoms with Crippen LogP contribution in [0, 0.1) is 95.2 Å². The first kappa shape index (κ1) is 53.5. The second-order valence-corrected chi connectivity index (χ2v) is 15.6. The van der Waals surface area contributed by atoms with Gasteiger partial charge in [0.1, 0.15) is 43.2 Å². The molecule has 16 nitrogen and oxygen atoms in total. The Morgan fingerprint density at radius 3 is 1.42 bits per heavy atom. The second-order valence-electron chi connectivity index (χ2n) is 13.0. The molecule has 0 aromatic carbocycles. The maximum atomic E-state index is 12.8. The van der Waals surface area contributed by atoms with E-state index in [0.717, 1.165) is 32.1 Å². The van der Waals surface area contributed by atoms with E-state index in [-0.39, 0.29) is 6.42 Å². The van der Waals surface area contributed by atoms with Crippen LogP contribution in [0.3, 0.4) is 0 Å². The number of hydrogen-bond acceptors (Lipinski definition) is 13. The molecule has 0 amide bonds. The van der Waals surface area contributed by atoms with Gasteiger partial charge < -0.3 is 44.6 Å². The highest BCUT2D eigenvalue weighted by Crippen LogP contribution is 2.48. The summed E-state index contributed by atoms with van der Waals surface area (Å²) < 4.78 is 48.3. The summed E-state index contributed by atoms with van der Waals surface area (Å²) in [6.45, 7) is 0.522. The number of rotatable bonds is 24. The smallest absolute Gasteiger partial charge is 0.456 e. The average molecular weight is 873 g/mol. The summed E-state index contributed by atoms with van der Waals surface area (Å²) in [5.41, 5.74) is 0. The molecular weight excluding hydrogens is 822 g/mol. The number of hydrogen-bond donors (Lipinski definition) is 7. The molecule has 0 aromatic heterocycles. The van der Waals surface area contributed by atoms with Crippen LogP contribution in [0.2, 0.25) is 0 Å². The molecule has 0 aromatic rings. The molecule has 0 bridgehead atoms. The van der Waals surface area contributed by atoms with Gasteiger partial charge >= 0.3 is 27.6 Å². The van der Waals surface area contributed by atoms with Crippen molar-refractivity contribution in [3.05, 3.63) is 0 Å². The van der Waals surface area contributed by atoms with Crippen LogP contribution < -0.4 is 0 Å². The van der Waals surface area contributed by atoms with Gasteiger partial charge in [0.2, 0.25) is 0 Å². The lowest BCUT2D eigenvalue weighted by atomic mass is 9.85. The first-order valence-corrected chi connectivity index (χ1v) is 22.1. The van der Waals surface area contributed by atoms with Gasteiger partial charge in [0.15, 0.2) is 6.10 Å². The van der Waals surface area contributed by atoms with E-state index in [2.05, 4.69) is 100 Å². The molecule has 1 rings (SSSR count). The van der Waals surface area contributed by atoms with Crippen LogP contribution in [-0.4, -0.2) is 103 Å². The third-order valence-electron chi connectivity index (χ3n) is 8.15. The van der Waals surface area contributed by atoms with Crippen molar-refractivity contribution in [2.24, 2.45) is 0 Å². The van der Waals surface area contributed by atoms with Crippen molar-refractivity contribution in [3.8, 4) is 95.2 Å². The lowest BCUT2D eigenvalue weighted by Crippen LogP contribution is -2.64. The van der Waals surface area contributed by atoms with Crippen LogP contribution in [0.25, 0.3) is 0 Å². The lowest BCUT2D eigenvalue weighted by molar-refractivity contribution is -0.216. The van der Waals surface area contributed by atoms with E-state index >= 15 is 0 Å². The zero-order valence-corrected chi connectivity index (χ0v) is 34.9. The zero-order valence-electron chi connectivity index (χ0n) is 33.1. The molecule has 8 atom stereocenters. The minimum absolute atomic E-state index is 0.0343. The van der Waals surface area contributed by atoms with E-state index in [1.807, 2.05) is 0 Å². The fraction of sp³-hybridized carbons (Fsp3) is 0.571. The Balaban J connectivity index is 2.82. The number of phosphoric ester groups is 2. The van der Waals surface area contributed by atoms with E-state index in [9.17, 15) is 44.0 Å². The Morgan fingerprint density at radius 1 is 0.583 bits per heavy atom. The summed E-state index contributed by atoms with van der Waals surface area (Å²) in [5, 5.41) is 41.2. The molecule has 0 saturated heterocycles. The number of unbranched alkanes of at least 4 members (excludes halogenated alkanes) is 12. The quantitative estimate of drug-likeness (QED) is 0.0241. The highest BCUT2D eigenvalue weighted by molar-refractivity contribution is 7.47. The molecular formula is C42H50O16P2. The van der Waals surface area contributed by atoms with Crippen LogP contribution in [0.5, 0.6) is 0 Å². The zero-order chi connectivity index (χ0) is 44.7. The number of esters is 2. The van der Waals surface area contributed by atoms with Gasteiger partial charge in [0.25, 0.3) is 0 Å². The van der Waals surface area contributed by atoms with Crippen LogP contribution in [0.1, 0.15) is 96.8 Å². The minimum atomic E-state index is -5.35. The molecule has 1 aliphatic carbocycles. The summed E-state index contributed by atoms with van der Waals surface area (Å²) in [6.07, 6.45) is 3.79. The molecule has 60 heavy (non-hydrogen) atoms. The highest BCUT2D eigenvalue weighted by Gasteiger charge is 2.54. The molecule has 1 fully saturated rings. The lowest BCUT2D eigenvalue weighted by Gasteiger charge is -2.43. The van der Waals surface area contributed by atoms with Gasteiger partial charge in [-0.2, -0.15) is 0 Å².